The molecule has 100 valence electrons. The van der Waals surface area contributed by atoms with Gasteiger partial charge in [0.05, 0.1) is 12.7 Å². The van der Waals surface area contributed by atoms with E-state index in [4.69, 9.17) is 15.7 Å². The monoisotopic (exact) mass is 268 g/mol. The number of amidine groups is 1. The summed E-state index contributed by atoms with van der Waals surface area (Å²) < 4.78 is 5.40. The summed E-state index contributed by atoms with van der Waals surface area (Å²) in [4.78, 5) is 0. The number of methoxy groups -OCH3 is 1. The Morgan fingerprint density at radius 1 is 1.44 bits per heavy atom. The highest BCUT2D eigenvalue weighted by molar-refractivity contribution is 7.99. The topological polar surface area (TPSA) is 67.8 Å². The highest BCUT2D eigenvalue weighted by atomic mass is 32.2. The summed E-state index contributed by atoms with van der Waals surface area (Å²) in [6.07, 6.45) is 0. The number of oxime groups is 1. The first-order valence-corrected chi connectivity index (χ1v) is 6.64. The molecule has 0 atom stereocenters. The van der Waals surface area contributed by atoms with E-state index >= 15 is 0 Å². The molecule has 0 heterocycles. The molecular formula is C13H20N2O2S. The smallest absolute Gasteiger partial charge is 0.173 e. The zero-order valence-corrected chi connectivity index (χ0v) is 12.0. The van der Waals surface area contributed by atoms with Gasteiger partial charge < -0.3 is 15.7 Å². The summed E-state index contributed by atoms with van der Waals surface area (Å²) in [6, 6.07) is 5.73. The van der Waals surface area contributed by atoms with Crippen LogP contribution in [0.3, 0.4) is 0 Å². The fourth-order valence-electron chi connectivity index (χ4n) is 1.40. The van der Waals surface area contributed by atoms with E-state index in [0.29, 0.717) is 11.3 Å². The lowest BCUT2D eigenvalue weighted by Gasteiger charge is -2.18. The Kier molecular flexibility index (Phi) is 4.90. The first kappa shape index (κ1) is 14.7. The van der Waals surface area contributed by atoms with E-state index in [1.807, 2.05) is 30.0 Å². The highest BCUT2D eigenvalue weighted by Gasteiger charge is 2.13. The summed E-state index contributed by atoms with van der Waals surface area (Å²) in [7, 11) is 1.56. The van der Waals surface area contributed by atoms with Gasteiger partial charge in [-0.15, -0.1) is 0 Å². The van der Waals surface area contributed by atoms with Crippen LogP contribution in [0.5, 0.6) is 5.75 Å². The Bertz CT molecular complexity index is 439. The predicted octanol–water partition coefficient (Wildman–Crippen LogP) is 2.82. The summed E-state index contributed by atoms with van der Waals surface area (Å²) in [5.74, 6) is 1.54. The highest BCUT2D eigenvalue weighted by Crippen LogP contribution is 2.29. The van der Waals surface area contributed by atoms with Crippen molar-refractivity contribution in [2.75, 3.05) is 7.11 Å². The third-order valence-electron chi connectivity index (χ3n) is 2.32. The molecule has 1 rings (SSSR count). The van der Waals surface area contributed by atoms with Crippen LogP contribution in [-0.4, -0.2) is 22.9 Å². The Morgan fingerprint density at radius 2 is 2.11 bits per heavy atom. The van der Waals surface area contributed by atoms with Gasteiger partial charge in [-0.1, -0.05) is 32.0 Å². The molecule has 0 aliphatic heterocycles. The molecule has 0 amide bonds. The number of hydrogen-bond donors (Lipinski definition) is 2. The number of nitrogens with two attached hydrogens (primary N) is 1. The molecule has 0 aliphatic rings. The van der Waals surface area contributed by atoms with E-state index in [0.717, 1.165) is 11.3 Å². The van der Waals surface area contributed by atoms with Gasteiger partial charge in [0.2, 0.25) is 0 Å². The Morgan fingerprint density at radius 3 is 2.61 bits per heavy atom. The second kappa shape index (κ2) is 6.00. The molecule has 0 saturated heterocycles. The van der Waals surface area contributed by atoms with Crippen LogP contribution in [0.4, 0.5) is 0 Å². The van der Waals surface area contributed by atoms with Crippen LogP contribution < -0.4 is 10.5 Å². The van der Waals surface area contributed by atoms with Crippen molar-refractivity contribution in [3.8, 4) is 5.75 Å². The molecule has 0 saturated carbocycles. The minimum absolute atomic E-state index is 0.0643. The van der Waals surface area contributed by atoms with Crippen molar-refractivity contribution < 1.29 is 9.94 Å². The van der Waals surface area contributed by atoms with Crippen LogP contribution in [0, 0.1) is 0 Å². The Balaban J connectivity index is 2.96. The number of nitrogens with zero attached hydrogens (tertiary/aromatic N) is 1. The molecule has 0 aromatic heterocycles. The second-order valence-corrected chi connectivity index (χ2v) is 6.72. The lowest BCUT2D eigenvalue weighted by Crippen LogP contribution is -2.15. The van der Waals surface area contributed by atoms with E-state index in [-0.39, 0.29) is 10.6 Å². The van der Waals surface area contributed by atoms with Gasteiger partial charge >= 0.3 is 0 Å². The standard InChI is InChI=1S/C13H20N2O2S/c1-13(2,3)18-8-9-5-6-11(17-4)10(7-9)12(14)15-16/h5-7,16H,8H2,1-4H3,(H2,14,15). The minimum atomic E-state index is 0.0643. The average molecular weight is 268 g/mol. The molecular weight excluding hydrogens is 248 g/mol. The maximum Gasteiger partial charge on any atom is 0.173 e. The predicted molar refractivity (Wildman–Crippen MR) is 76.6 cm³/mol. The molecule has 0 radical (unpaired) electrons. The lowest BCUT2D eigenvalue weighted by atomic mass is 10.1. The van der Waals surface area contributed by atoms with Crippen molar-refractivity contribution in [2.24, 2.45) is 10.9 Å². The zero-order valence-electron chi connectivity index (χ0n) is 11.2. The average Bonchev–Trinajstić information content (AvgIpc) is 2.34. The van der Waals surface area contributed by atoms with E-state index in [9.17, 15) is 0 Å². The van der Waals surface area contributed by atoms with Gasteiger partial charge in [-0.25, -0.2) is 0 Å². The van der Waals surface area contributed by atoms with E-state index in [1.165, 1.54) is 0 Å². The van der Waals surface area contributed by atoms with Crippen molar-refractivity contribution in [3.63, 3.8) is 0 Å². The van der Waals surface area contributed by atoms with Crippen LogP contribution in [0.15, 0.2) is 23.4 Å². The maximum absolute atomic E-state index is 8.76. The van der Waals surface area contributed by atoms with Crippen LogP contribution >= 0.6 is 11.8 Å². The van der Waals surface area contributed by atoms with Crippen LogP contribution in [0.2, 0.25) is 0 Å². The zero-order chi connectivity index (χ0) is 13.8. The van der Waals surface area contributed by atoms with Crippen LogP contribution in [0.25, 0.3) is 0 Å². The third kappa shape index (κ3) is 4.14. The number of ether oxygens (including phenoxy) is 1. The molecule has 0 fully saturated rings. The molecule has 1 aromatic rings. The Labute approximate surface area is 112 Å². The molecule has 18 heavy (non-hydrogen) atoms. The van der Waals surface area contributed by atoms with Crippen molar-refractivity contribution in [1.82, 2.24) is 0 Å². The van der Waals surface area contributed by atoms with E-state index < -0.39 is 0 Å². The molecule has 0 bridgehead atoms. The van der Waals surface area contributed by atoms with Gasteiger partial charge in [-0.3, -0.25) is 0 Å². The molecule has 0 aliphatic carbocycles. The maximum atomic E-state index is 8.76. The van der Waals surface area contributed by atoms with Crippen LogP contribution in [-0.2, 0) is 5.75 Å². The molecule has 3 N–H and O–H groups in total. The molecule has 5 heteroatoms. The SMILES string of the molecule is COc1ccc(CSC(C)(C)C)cc1C(N)=NO. The van der Waals surface area contributed by atoms with Gasteiger partial charge in [0.15, 0.2) is 5.84 Å². The largest absolute Gasteiger partial charge is 0.496 e. The fraction of sp³-hybridized carbons (Fsp3) is 0.462. The lowest BCUT2D eigenvalue weighted by molar-refractivity contribution is 0.318. The van der Waals surface area contributed by atoms with Gasteiger partial charge in [0.25, 0.3) is 0 Å². The van der Waals surface area contributed by atoms with E-state index in [1.54, 1.807) is 7.11 Å². The van der Waals surface area contributed by atoms with Gasteiger partial charge in [-0.2, -0.15) is 11.8 Å². The number of benzene rings is 1. The van der Waals surface area contributed by atoms with Crippen molar-refractivity contribution >= 4 is 17.6 Å². The van der Waals surface area contributed by atoms with Gasteiger partial charge in [0, 0.05) is 10.5 Å². The van der Waals surface area contributed by atoms with Crippen molar-refractivity contribution in [2.45, 2.75) is 31.3 Å². The quantitative estimate of drug-likeness (QED) is 0.381. The minimum Gasteiger partial charge on any atom is -0.496 e. The van der Waals surface area contributed by atoms with Crippen molar-refractivity contribution in [1.29, 1.82) is 0 Å². The second-order valence-electron chi connectivity index (χ2n) is 4.92. The first-order chi connectivity index (χ1) is 8.37. The Hall–Kier alpha value is -1.36. The normalized spacial score (nSPS) is 12.6. The summed E-state index contributed by atoms with van der Waals surface area (Å²) in [6.45, 7) is 6.52. The summed E-state index contributed by atoms with van der Waals surface area (Å²) in [5, 5.41) is 11.8. The number of rotatable bonds is 4. The van der Waals surface area contributed by atoms with Crippen molar-refractivity contribution in [3.05, 3.63) is 29.3 Å². The molecule has 0 unspecified atom stereocenters. The molecule has 0 spiro atoms. The summed E-state index contributed by atoms with van der Waals surface area (Å²) >= 11 is 1.84. The molecule has 1 aromatic carbocycles. The first-order valence-electron chi connectivity index (χ1n) is 5.66. The van der Waals surface area contributed by atoms with Crippen LogP contribution in [0.1, 0.15) is 31.9 Å². The fourth-order valence-corrected chi connectivity index (χ4v) is 2.18. The molecule has 4 nitrogen and oxygen atoms in total. The number of hydrogen-bond acceptors (Lipinski definition) is 4. The number of thioether (sulfide) groups is 1. The van der Waals surface area contributed by atoms with Gasteiger partial charge in [-0.05, 0) is 17.7 Å². The van der Waals surface area contributed by atoms with Gasteiger partial charge in [0.1, 0.15) is 5.75 Å². The third-order valence-corrected chi connectivity index (χ3v) is 3.66. The summed E-state index contributed by atoms with van der Waals surface area (Å²) in [5.41, 5.74) is 7.37. The van der Waals surface area contributed by atoms with E-state index in [2.05, 4.69) is 25.9 Å².